The fourth-order valence-corrected chi connectivity index (χ4v) is 1.82. The van der Waals surface area contributed by atoms with E-state index in [0.29, 0.717) is 13.0 Å². The lowest BCUT2D eigenvalue weighted by Gasteiger charge is -2.23. The smallest absolute Gasteiger partial charge is 0.374 e. The van der Waals surface area contributed by atoms with Crippen LogP contribution in [0.2, 0.25) is 0 Å². The molecule has 1 N–H and O–H groups in total. The van der Waals surface area contributed by atoms with Gasteiger partial charge in [0.15, 0.2) is 0 Å². The normalized spacial score (nSPS) is 25.4. The summed E-state index contributed by atoms with van der Waals surface area (Å²) >= 11 is 0. The molecule has 0 spiro atoms. The van der Waals surface area contributed by atoms with Crippen molar-refractivity contribution < 1.29 is 22.6 Å². The third-order valence-corrected chi connectivity index (χ3v) is 2.71. The first-order valence-corrected chi connectivity index (χ1v) is 5.90. The highest BCUT2D eigenvalue weighted by Crippen LogP contribution is 2.23. The Morgan fingerprint density at radius 3 is 2.76 bits per heavy atom. The van der Waals surface area contributed by atoms with Crippen molar-refractivity contribution in [3.05, 3.63) is 0 Å². The number of alkyl halides is 3. The largest absolute Gasteiger partial charge is 0.411 e. The van der Waals surface area contributed by atoms with Crippen LogP contribution >= 0.6 is 0 Å². The zero-order chi connectivity index (χ0) is 12.8. The molecule has 0 radical (unpaired) electrons. The predicted octanol–water partition coefficient (Wildman–Crippen LogP) is 2.11. The molecule has 0 saturated carbocycles. The standard InChI is InChI=1S/C11H20F3NO2/c1-10(4-2-7-17-10)8-15-5-3-6-16-9-11(12,13)14/h15H,2-9H2,1H3. The van der Waals surface area contributed by atoms with Gasteiger partial charge in [0.25, 0.3) is 0 Å². The first kappa shape index (κ1) is 14.7. The van der Waals surface area contributed by atoms with Crippen molar-refractivity contribution in [2.75, 3.05) is 32.9 Å². The molecule has 0 aliphatic carbocycles. The van der Waals surface area contributed by atoms with Crippen LogP contribution in [0.1, 0.15) is 26.2 Å². The van der Waals surface area contributed by atoms with Crippen molar-refractivity contribution in [1.82, 2.24) is 5.32 Å². The average molecular weight is 255 g/mol. The quantitative estimate of drug-likeness (QED) is 0.707. The fourth-order valence-electron chi connectivity index (χ4n) is 1.82. The Morgan fingerprint density at radius 2 is 2.18 bits per heavy atom. The predicted molar refractivity (Wildman–Crippen MR) is 58.0 cm³/mol. The van der Waals surface area contributed by atoms with Crippen LogP contribution in [0.4, 0.5) is 13.2 Å². The second-order valence-electron chi connectivity index (χ2n) is 4.60. The Labute approximate surface area is 99.7 Å². The zero-order valence-corrected chi connectivity index (χ0v) is 10.1. The van der Waals surface area contributed by atoms with Crippen LogP contribution in [0.3, 0.4) is 0 Å². The molecule has 6 heteroatoms. The molecule has 1 atom stereocenters. The number of rotatable bonds is 7. The lowest BCUT2D eigenvalue weighted by Crippen LogP contribution is -2.37. The summed E-state index contributed by atoms with van der Waals surface area (Å²) in [7, 11) is 0. The molecule has 0 aromatic heterocycles. The van der Waals surface area contributed by atoms with Crippen molar-refractivity contribution in [3.8, 4) is 0 Å². The minimum Gasteiger partial charge on any atom is -0.374 e. The molecule has 17 heavy (non-hydrogen) atoms. The summed E-state index contributed by atoms with van der Waals surface area (Å²) < 4.78 is 45.3. The van der Waals surface area contributed by atoms with Gasteiger partial charge >= 0.3 is 6.18 Å². The van der Waals surface area contributed by atoms with Crippen LogP contribution in [-0.4, -0.2) is 44.7 Å². The van der Waals surface area contributed by atoms with Crippen molar-refractivity contribution in [1.29, 1.82) is 0 Å². The molecule has 0 bridgehead atoms. The van der Waals surface area contributed by atoms with Crippen LogP contribution in [-0.2, 0) is 9.47 Å². The molecule has 1 aliphatic heterocycles. The third-order valence-electron chi connectivity index (χ3n) is 2.71. The minimum atomic E-state index is -4.22. The maximum Gasteiger partial charge on any atom is 0.411 e. The highest BCUT2D eigenvalue weighted by Gasteiger charge is 2.29. The van der Waals surface area contributed by atoms with Gasteiger partial charge in [0, 0.05) is 19.8 Å². The zero-order valence-electron chi connectivity index (χ0n) is 10.1. The summed E-state index contributed by atoms with van der Waals surface area (Å²) in [6.45, 7) is 3.21. The molecule has 102 valence electrons. The molecular formula is C11H20F3NO2. The second kappa shape index (κ2) is 6.56. The van der Waals surface area contributed by atoms with Gasteiger partial charge in [-0.3, -0.25) is 0 Å². The van der Waals surface area contributed by atoms with Gasteiger partial charge < -0.3 is 14.8 Å². The van der Waals surface area contributed by atoms with E-state index >= 15 is 0 Å². The van der Waals surface area contributed by atoms with E-state index in [1.807, 2.05) is 6.92 Å². The summed E-state index contributed by atoms with van der Waals surface area (Å²) in [5.74, 6) is 0. The van der Waals surface area contributed by atoms with E-state index in [1.54, 1.807) is 0 Å². The molecule has 1 heterocycles. The van der Waals surface area contributed by atoms with Gasteiger partial charge in [0.2, 0.25) is 0 Å². The summed E-state index contributed by atoms with van der Waals surface area (Å²) in [6.07, 6.45) is -1.54. The van der Waals surface area contributed by atoms with E-state index in [0.717, 1.165) is 26.0 Å². The SMILES string of the molecule is CC1(CNCCCOCC(F)(F)F)CCCO1. The van der Waals surface area contributed by atoms with Crippen molar-refractivity contribution in [3.63, 3.8) is 0 Å². The maximum atomic E-state index is 11.7. The summed E-state index contributed by atoms with van der Waals surface area (Å²) in [5.41, 5.74) is -0.104. The average Bonchev–Trinajstić information content (AvgIpc) is 2.62. The van der Waals surface area contributed by atoms with Crippen LogP contribution in [0.5, 0.6) is 0 Å². The van der Waals surface area contributed by atoms with E-state index in [4.69, 9.17) is 4.74 Å². The van der Waals surface area contributed by atoms with Gasteiger partial charge in [0.05, 0.1) is 5.60 Å². The Balaban J connectivity index is 1.91. The molecule has 3 nitrogen and oxygen atoms in total. The summed E-state index contributed by atoms with van der Waals surface area (Å²) in [5, 5.41) is 3.18. The molecule has 0 aromatic carbocycles. The van der Waals surface area contributed by atoms with Gasteiger partial charge in [-0.15, -0.1) is 0 Å². The third kappa shape index (κ3) is 6.85. The van der Waals surface area contributed by atoms with E-state index in [9.17, 15) is 13.2 Å². The Bertz CT molecular complexity index is 215. The Kier molecular flexibility index (Phi) is 5.69. The lowest BCUT2D eigenvalue weighted by molar-refractivity contribution is -0.173. The van der Waals surface area contributed by atoms with E-state index in [2.05, 4.69) is 10.1 Å². The number of halogens is 3. The molecule has 1 saturated heterocycles. The first-order valence-electron chi connectivity index (χ1n) is 5.90. The molecule has 1 fully saturated rings. The minimum absolute atomic E-state index is 0.104. The molecule has 0 aromatic rings. The van der Waals surface area contributed by atoms with Gasteiger partial charge in [-0.1, -0.05) is 0 Å². The van der Waals surface area contributed by atoms with Crippen molar-refractivity contribution >= 4 is 0 Å². The molecule has 1 unspecified atom stereocenters. The summed E-state index contributed by atoms with van der Waals surface area (Å²) in [6, 6.07) is 0. The fraction of sp³-hybridized carbons (Fsp3) is 1.00. The molecule has 1 rings (SSSR count). The lowest BCUT2D eigenvalue weighted by atomic mass is 10.0. The highest BCUT2D eigenvalue weighted by molar-refractivity contribution is 4.82. The Morgan fingerprint density at radius 1 is 1.41 bits per heavy atom. The van der Waals surface area contributed by atoms with Gasteiger partial charge in [0.1, 0.15) is 6.61 Å². The maximum absolute atomic E-state index is 11.7. The van der Waals surface area contributed by atoms with Crippen LogP contribution < -0.4 is 5.32 Å². The Hall–Kier alpha value is -0.330. The van der Waals surface area contributed by atoms with Gasteiger partial charge in [-0.2, -0.15) is 13.2 Å². The molecule has 1 aliphatic rings. The van der Waals surface area contributed by atoms with E-state index < -0.39 is 12.8 Å². The van der Waals surface area contributed by atoms with Crippen molar-refractivity contribution in [2.24, 2.45) is 0 Å². The molecular weight excluding hydrogens is 235 g/mol. The van der Waals surface area contributed by atoms with E-state index in [1.165, 1.54) is 0 Å². The highest BCUT2D eigenvalue weighted by atomic mass is 19.4. The number of nitrogens with one attached hydrogen (secondary N) is 1. The van der Waals surface area contributed by atoms with Gasteiger partial charge in [-0.25, -0.2) is 0 Å². The van der Waals surface area contributed by atoms with Gasteiger partial charge in [-0.05, 0) is 32.7 Å². The molecule has 0 amide bonds. The van der Waals surface area contributed by atoms with Crippen LogP contribution in [0, 0.1) is 0 Å². The number of ether oxygens (including phenoxy) is 2. The van der Waals surface area contributed by atoms with Crippen LogP contribution in [0.25, 0.3) is 0 Å². The first-order chi connectivity index (χ1) is 7.91. The second-order valence-corrected chi connectivity index (χ2v) is 4.60. The number of hydrogen-bond donors (Lipinski definition) is 1. The van der Waals surface area contributed by atoms with E-state index in [-0.39, 0.29) is 12.2 Å². The van der Waals surface area contributed by atoms with Crippen molar-refractivity contribution in [2.45, 2.75) is 38.0 Å². The topological polar surface area (TPSA) is 30.5 Å². The monoisotopic (exact) mass is 255 g/mol. The summed E-state index contributed by atoms with van der Waals surface area (Å²) in [4.78, 5) is 0. The van der Waals surface area contributed by atoms with Crippen LogP contribution in [0.15, 0.2) is 0 Å². The number of hydrogen-bond acceptors (Lipinski definition) is 3.